The van der Waals surface area contributed by atoms with E-state index >= 15 is 0 Å². The van der Waals surface area contributed by atoms with E-state index in [4.69, 9.17) is 16.3 Å². The van der Waals surface area contributed by atoms with Crippen molar-refractivity contribution in [2.24, 2.45) is 4.99 Å². The Kier molecular flexibility index (Phi) is 9.75. The lowest BCUT2D eigenvalue weighted by molar-refractivity contribution is 0.414. The second kappa shape index (κ2) is 11.3. The maximum absolute atomic E-state index is 11.5. The van der Waals surface area contributed by atoms with Gasteiger partial charge in [0.1, 0.15) is 5.75 Å². The third-order valence-corrected chi connectivity index (χ3v) is 5.60. The van der Waals surface area contributed by atoms with Gasteiger partial charge in [0, 0.05) is 38.2 Å². The van der Waals surface area contributed by atoms with Gasteiger partial charge in [-0.3, -0.25) is 4.99 Å². The van der Waals surface area contributed by atoms with Crippen molar-refractivity contribution in [3.8, 4) is 5.75 Å². The van der Waals surface area contributed by atoms with Crippen LogP contribution >= 0.6 is 11.6 Å². The van der Waals surface area contributed by atoms with Crippen LogP contribution in [0.15, 0.2) is 23.2 Å². The van der Waals surface area contributed by atoms with E-state index < -0.39 is 10.0 Å². The molecule has 0 fully saturated rings. The lowest BCUT2D eigenvalue weighted by Gasteiger charge is -2.18. The molecule has 1 rings (SSSR count). The molecule has 0 aromatic heterocycles. The first-order valence-corrected chi connectivity index (χ1v) is 10.8. The number of hydrogen-bond acceptors (Lipinski definition) is 4. The highest BCUT2D eigenvalue weighted by molar-refractivity contribution is 7.88. The van der Waals surface area contributed by atoms with Gasteiger partial charge >= 0.3 is 0 Å². The Bertz CT molecular complexity index is 695. The molecule has 148 valence electrons. The standard InChI is InChI=1S/C17H29ClN4O3S/c1-5-22(26(4,23)24)12-6-10-20-17(19-2)21-11-9-14-7-8-15(25-3)13-16(14)18/h7-8,13H,5-6,9-12H2,1-4H3,(H2,19,20,21). The van der Waals surface area contributed by atoms with Crippen LogP contribution in [0.5, 0.6) is 5.75 Å². The molecular formula is C17H29ClN4O3S. The van der Waals surface area contributed by atoms with Crippen LogP contribution in [0.1, 0.15) is 18.9 Å². The van der Waals surface area contributed by atoms with Crippen molar-refractivity contribution < 1.29 is 13.2 Å². The van der Waals surface area contributed by atoms with Gasteiger partial charge < -0.3 is 15.4 Å². The third kappa shape index (κ3) is 7.80. The van der Waals surface area contributed by atoms with Crippen LogP contribution in [0, 0.1) is 0 Å². The molecule has 0 saturated heterocycles. The van der Waals surface area contributed by atoms with Crippen LogP contribution in [0.3, 0.4) is 0 Å². The van der Waals surface area contributed by atoms with Gasteiger partial charge in [-0.15, -0.1) is 0 Å². The number of nitrogens with one attached hydrogen (secondary N) is 2. The largest absolute Gasteiger partial charge is 0.497 e. The summed E-state index contributed by atoms with van der Waals surface area (Å²) in [5, 5.41) is 7.08. The van der Waals surface area contributed by atoms with Crippen LogP contribution in [-0.2, 0) is 16.4 Å². The first kappa shape index (κ1) is 22.5. The van der Waals surface area contributed by atoms with Crippen LogP contribution in [0.4, 0.5) is 0 Å². The van der Waals surface area contributed by atoms with Crippen LogP contribution in [-0.4, -0.2) is 65.3 Å². The highest BCUT2D eigenvalue weighted by Gasteiger charge is 2.13. The molecule has 7 nitrogen and oxygen atoms in total. The van der Waals surface area contributed by atoms with E-state index in [1.54, 1.807) is 20.2 Å². The smallest absolute Gasteiger partial charge is 0.211 e. The van der Waals surface area contributed by atoms with E-state index in [9.17, 15) is 8.42 Å². The molecule has 9 heteroatoms. The fourth-order valence-corrected chi connectivity index (χ4v) is 3.61. The number of guanidine groups is 1. The number of sulfonamides is 1. The molecule has 0 aliphatic heterocycles. The van der Waals surface area contributed by atoms with Gasteiger partial charge in [0.25, 0.3) is 0 Å². The zero-order valence-electron chi connectivity index (χ0n) is 15.9. The number of rotatable bonds is 10. The summed E-state index contributed by atoms with van der Waals surface area (Å²) in [6.07, 6.45) is 2.68. The molecular weight excluding hydrogens is 376 g/mol. The summed E-state index contributed by atoms with van der Waals surface area (Å²) in [6.45, 7) is 4.11. The van der Waals surface area contributed by atoms with Crippen LogP contribution in [0.25, 0.3) is 0 Å². The molecule has 0 saturated carbocycles. The Hall–Kier alpha value is -1.51. The summed E-state index contributed by atoms with van der Waals surface area (Å²) < 4.78 is 29.7. The van der Waals surface area contributed by atoms with Gasteiger partial charge in [-0.2, -0.15) is 0 Å². The van der Waals surface area contributed by atoms with Crippen LogP contribution in [0.2, 0.25) is 5.02 Å². The first-order valence-electron chi connectivity index (χ1n) is 8.53. The van der Waals surface area contributed by atoms with Crippen molar-refractivity contribution in [2.45, 2.75) is 19.8 Å². The number of ether oxygens (including phenoxy) is 1. The van der Waals surface area contributed by atoms with Crippen LogP contribution < -0.4 is 15.4 Å². The van der Waals surface area contributed by atoms with E-state index in [2.05, 4.69) is 15.6 Å². The summed E-state index contributed by atoms with van der Waals surface area (Å²) >= 11 is 6.23. The van der Waals surface area contributed by atoms with Gasteiger partial charge in [-0.25, -0.2) is 12.7 Å². The molecule has 0 aliphatic carbocycles. The SMILES string of the molecule is CCN(CCCNC(=NC)NCCc1ccc(OC)cc1Cl)S(C)(=O)=O. The Morgan fingerprint density at radius 2 is 2.00 bits per heavy atom. The molecule has 0 atom stereocenters. The van der Waals surface area contributed by atoms with Gasteiger partial charge in [0.2, 0.25) is 10.0 Å². The zero-order chi connectivity index (χ0) is 19.6. The third-order valence-electron chi connectivity index (χ3n) is 3.87. The van der Waals surface area contributed by atoms with Gasteiger partial charge in [0.15, 0.2) is 5.96 Å². The lowest BCUT2D eigenvalue weighted by Crippen LogP contribution is -2.40. The quantitative estimate of drug-likeness (QED) is 0.352. The van der Waals surface area contributed by atoms with Crippen molar-refractivity contribution in [3.63, 3.8) is 0 Å². The predicted octanol–water partition coefficient (Wildman–Crippen LogP) is 1.73. The summed E-state index contributed by atoms with van der Waals surface area (Å²) in [4.78, 5) is 4.16. The average molecular weight is 405 g/mol. The minimum atomic E-state index is -3.14. The minimum absolute atomic E-state index is 0.481. The van der Waals surface area contributed by atoms with Crippen molar-refractivity contribution in [3.05, 3.63) is 28.8 Å². The number of nitrogens with zero attached hydrogens (tertiary/aromatic N) is 2. The molecule has 1 aromatic rings. The molecule has 0 unspecified atom stereocenters. The Morgan fingerprint density at radius 3 is 2.54 bits per heavy atom. The molecule has 0 amide bonds. The fraction of sp³-hybridized carbons (Fsp3) is 0.588. The van der Waals surface area contributed by atoms with E-state index in [-0.39, 0.29) is 0 Å². The second-order valence-corrected chi connectivity index (χ2v) is 8.13. The molecule has 0 heterocycles. The van der Waals surface area contributed by atoms with Gasteiger partial charge in [0.05, 0.1) is 13.4 Å². The highest BCUT2D eigenvalue weighted by atomic mass is 35.5. The Labute approximate surface area is 161 Å². The number of aliphatic imine (C=N–C) groups is 1. The Balaban J connectivity index is 2.35. The summed E-state index contributed by atoms with van der Waals surface area (Å²) in [5.74, 6) is 1.41. The summed E-state index contributed by atoms with van der Waals surface area (Å²) in [6, 6.07) is 5.63. The number of halogens is 1. The normalized spacial score (nSPS) is 12.3. The molecule has 0 spiro atoms. The molecule has 0 bridgehead atoms. The highest BCUT2D eigenvalue weighted by Crippen LogP contribution is 2.22. The number of methoxy groups -OCH3 is 1. The molecule has 0 radical (unpaired) electrons. The minimum Gasteiger partial charge on any atom is -0.497 e. The van der Waals surface area contributed by atoms with Gasteiger partial charge in [-0.05, 0) is 30.5 Å². The fourth-order valence-electron chi connectivity index (χ4n) is 2.41. The van der Waals surface area contributed by atoms with E-state index in [0.717, 1.165) is 17.7 Å². The van der Waals surface area contributed by atoms with Crippen molar-refractivity contribution in [1.82, 2.24) is 14.9 Å². The average Bonchev–Trinajstić information content (AvgIpc) is 2.60. The van der Waals surface area contributed by atoms with Crippen molar-refractivity contribution in [1.29, 1.82) is 0 Å². The summed E-state index contributed by atoms with van der Waals surface area (Å²) in [7, 11) is 0.171. The second-order valence-electron chi connectivity index (χ2n) is 5.74. The van der Waals surface area contributed by atoms with Gasteiger partial charge in [-0.1, -0.05) is 24.6 Å². The van der Waals surface area contributed by atoms with Crippen molar-refractivity contribution >= 4 is 27.6 Å². The van der Waals surface area contributed by atoms with E-state index in [1.165, 1.54) is 10.6 Å². The molecule has 1 aromatic carbocycles. The first-order chi connectivity index (χ1) is 12.3. The molecule has 0 aliphatic rings. The maximum atomic E-state index is 11.5. The monoisotopic (exact) mass is 404 g/mol. The molecule has 26 heavy (non-hydrogen) atoms. The number of benzene rings is 1. The van der Waals surface area contributed by atoms with Crippen molar-refractivity contribution in [2.75, 3.05) is 46.6 Å². The van der Waals surface area contributed by atoms with E-state index in [1.807, 2.05) is 19.1 Å². The maximum Gasteiger partial charge on any atom is 0.211 e. The lowest BCUT2D eigenvalue weighted by atomic mass is 10.1. The summed E-state index contributed by atoms with van der Waals surface area (Å²) in [5.41, 5.74) is 1.03. The Morgan fingerprint density at radius 1 is 1.31 bits per heavy atom. The predicted molar refractivity (Wildman–Crippen MR) is 108 cm³/mol. The van der Waals surface area contributed by atoms with E-state index in [0.29, 0.717) is 43.6 Å². The topological polar surface area (TPSA) is 83.0 Å². The molecule has 2 N–H and O–H groups in total. The number of hydrogen-bond donors (Lipinski definition) is 2. The zero-order valence-corrected chi connectivity index (χ0v) is 17.5.